The van der Waals surface area contributed by atoms with Crippen molar-refractivity contribution < 1.29 is 4.74 Å². The van der Waals surface area contributed by atoms with Gasteiger partial charge in [0.2, 0.25) is 11.8 Å². The molecule has 6 heteroatoms. The summed E-state index contributed by atoms with van der Waals surface area (Å²) in [5, 5.41) is 10.2. The monoisotopic (exact) mass is 245 g/mol. The number of hydrogen-bond acceptors (Lipinski definition) is 5. The summed E-state index contributed by atoms with van der Waals surface area (Å²) in [5.74, 6) is 0.977. The SMILES string of the molecule is Cc1cc(Oc2cncc(CNC3CC3)n2)n[nH]1. The Kier molecular flexibility index (Phi) is 2.93. The molecule has 18 heavy (non-hydrogen) atoms. The molecule has 1 fully saturated rings. The van der Waals surface area contributed by atoms with Crippen molar-refractivity contribution in [1.82, 2.24) is 25.5 Å². The highest BCUT2D eigenvalue weighted by Crippen LogP contribution is 2.20. The minimum atomic E-state index is 0.469. The smallest absolute Gasteiger partial charge is 0.240 e. The highest BCUT2D eigenvalue weighted by Gasteiger charge is 2.20. The Hall–Kier alpha value is -1.95. The van der Waals surface area contributed by atoms with E-state index in [0.29, 0.717) is 17.8 Å². The molecule has 0 saturated heterocycles. The van der Waals surface area contributed by atoms with Gasteiger partial charge in [-0.25, -0.2) is 4.98 Å². The lowest BCUT2D eigenvalue weighted by molar-refractivity contribution is 0.437. The van der Waals surface area contributed by atoms with Crippen LogP contribution in [0.4, 0.5) is 0 Å². The van der Waals surface area contributed by atoms with Gasteiger partial charge in [0.1, 0.15) is 0 Å². The second-order valence-electron chi connectivity index (χ2n) is 4.50. The number of nitrogens with one attached hydrogen (secondary N) is 2. The Labute approximate surface area is 105 Å². The van der Waals surface area contributed by atoms with Gasteiger partial charge in [-0.05, 0) is 19.8 Å². The Morgan fingerprint density at radius 3 is 3.00 bits per heavy atom. The summed E-state index contributed by atoms with van der Waals surface area (Å²) in [6.45, 7) is 2.65. The minimum Gasteiger partial charge on any atom is -0.417 e. The molecule has 0 amide bonds. The summed E-state index contributed by atoms with van der Waals surface area (Å²) in [4.78, 5) is 8.50. The molecule has 0 aliphatic heterocycles. The molecule has 1 aliphatic carbocycles. The van der Waals surface area contributed by atoms with Crippen LogP contribution in [-0.2, 0) is 6.54 Å². The summed E-state index contributed by atoms with van der Waals surface area (Å²) in [6.07, 6.45) is 5.86. The van der Waals surface area contributed by atoms with Gasteiger partial charge >= 0.3 is 0 Å². The van der Waals surface area contributed by atoms with Crippen LogP contribution < -0.4 is 10.1 Å². The molecule has 1 saturated carbocycles. The number of aromatic amines is 1. The van der Waals surface area contributed by atoms with Crippen LogP contribution in [0.2, 0.25) is 0 Å². The zero-order valence-electron chi connectivity index (χ0n) is 10.2. The average Bonchev–Trinajstić information content (AvgIpc) is 3.11. The number of aromatic nitrogens is 4. The summed E-state index contributed by atoms with van der Waals surface area (Å²) >= 11 is 0. The normalized spacial score (nSPS) is 14.7. The number of ether oxygens (including phenoxy) is 1. The van der Waals surface area contributed by atoms with Crippen LogP contribution in [0.5, 0.6) is 11.8 Å². The second kappa shape index (κ2) is 4.73. The predicted molar refractivity (Wildman–Crippen MR) is 65.3 cm³/mol. The van der Waals surface area contributed by atoms with Gasteiger partial charge in [0.15, 0.2) is 0 Å². The molecule has 0 bridgehead atoms. The standard InChI is InChI=1S/C12H15N5O/c1-8-4-11(17-16-8)18-12-7-13-5-10(15-12)6-14-9-2-3-9/h4-5,7,9,14H,2-3,6H2,1H3,(H,16,17). The molecule has 2 heterocycles. The molecule has 0 spiro atoms. The van der Waals surface area contributed by atoms with E-state index in [-0.39, 0.29) is 0 Å². The fourth-order valence-electron chi connectivity index (χ4n) is 1.61. The van der Waals surface area contributed by atoms with Crippen molar-refractivity contribution in [1.29, 1.82) is 0 Å². The molecule has 0 atom stereocenters. The molecule has 1 aliphatic rings. The van der Waals surface area contributed by atoms with Crippen molar-refractivity contribution in [3.8, 4) is 11.8 Å². The van der Waals surface area contributed by atoms with Crippen LogP contribution in [0.25, 0.3) is 0 Å². The van der Waals surface area contributed by atoms with E-state index in [4.69, 9.17) is 4.74 Å². The van der Waals surface area contributed by atoms with Gasteiger partial charge < -0.3 is 10.1 Å². The Balaban J connectivity index is 1.65. The van der Waals surface area contributed by atoms with Crippen LogP contribution in [0.15, 0.2) is 18.5 Å². The first-order chi connectivity index (χ1) is 8.79. The quantitative estimate of drug-likeness (QED) is 0.836. The van der Waals surface area contributed by atoms with Gasteiger partial charge in [0.05, 0.1) is 11.9 Å². The van der Waals surface area contributed by atoms with Crippen molar-refractivity contribution in [3.63, 3.8) is 0 Å². The highest BCUT2D eigenvalue weighted by molar-refractivity contribution is 5.19. The third-order valence-electron chi connectivity index (χ3n) is 2.70. The first kappa shape index (κ1) is 11.2. The Morgan fingerprint density at radius 2 is 2.28 bits per heavy atom. The van der Waals surface area contributed by atoms with Crippen molar-refractivity contribution in [2.45, 2.75) is 32.4 Å². The molecule has 2 aromatic heterocycles. The first-order valence-electron chi connectivity index (χ1n) is 6.04. The molecular weight excluding hydrogens is 230 g/mol. The molecule has 0 aromatic carbocycles. The van der Waals surface area contributed by atoms with Crippen LogP contribution in [0.3, 0.4) is 0 Å². The lowest BCUT2D eigenvalue weighted by Crippen LogP contribution is -2.16. The summed E-state index contributed by atoms with van der Waals surface area (Å²) < 4.78 is 5.52. The topological polar surface area (TPSA) is 75.7 Å². The third-order valence-corrected chi connectivity index (χ3v) is 2.70. The summed E-state index contributed by atoms with van der Waals surface area (Å²) in [7, 11) is 0. The maximum atomic E-state index is 5.52. The zero-order chi connectivity index (χ0) is 12.4. The van der Waals surface area contributed by atoms with E-state index in [2.05, 4.69) is 25.5 Å². The fourth-order valence-corrected chi connectivity index (χ4v) is 1.61. The number of H-pyrrole nitrogens is 1. The molecule has 94 valence electrons. The van der Waals surface area contributed by atoms with E-state index < -0.39 is 0 Å². The first-order valence-corrected chi connectivity index (χ1v) is 6.04. The van der Waals surface area contributed by atoms with E-state index in [1.54, 1.807) is 12.4 Å². The number of aryl methyl sites for hydroxylation is 1. The van der Waals surface area contributed by atoms with Gasteiger partial charge in [-0.3, -0.25) is 10.1 Å². The molecule has 0 radical (unpaired) electrons. The van der Waals surface area contributed by atoms with Crippen molar-refractivity contribution in [2.24, 2.45) is 0 Å². The van der Waals surface area contributed by atoms with Crippen LogP contribution >= 0.6 is 0 Å². The zero-order valence-corrected chi connectivity index (χ0v) is 10.2. The van der Waals surface area contributed by atoms with Gasteiger partial charge in [0, 0.05) is 30.5 Å². The molecule has 3 rings (SSSR count). The minimum absolute atomic E-state index is 0.469. The van der Waals surface area contributed by atoms with Gasteiger partial charge in [-0.15, -0.1) is 5.10 Å². The van der Waals surface area contributed by atoms with Crippen molar-refractivity contribution in [3.05, 3.63) is 29.8 Å². The highest BCUT2D eigenvalue weighted by atomic mass is 16.5. The van der Waals surface area contributed by atoms with E-state index >= 15 is 0 Å². The average molecular weight is 245 g/mol. The third kappa shape index (κ3) is 2.84. The van der Waals surface area contributed by atoms with E-state index in [1.807, 2.05) is 13.0 Å². The Morgan fingerprint density at radius 1 is 1.39 bits per heavy atom. The molecule has 2 aromatic rings. The fraction of sp³-hybridized carbons (Fsp3) is 0.417. The molecule has 6 nitrogen and oxygen atoms in total. The molecule has 2 N–H and O–H groups in total. The summed E-state index contributed by atoms with van der Waals surface area (Å²) in [5.41, 5.74) is 1.83. The van der Waals surface area contributed by atoms with Gasteiger partial charge in [-0.2, -0.15) is 0 Å². The maximum Gasteiger partial charge on any atom is 0.240 e. The lowest BCUT2D eigenvalue weighted by Gasteiger charge is -2.04. The number of hydrogen-bond donors (Lipinski definition) is 2. The Bertz CT molecular complexity index is 535. The van der Waals surface area contributed by atoms with Crippen molar-refractivity contribution in [2.75, 3.05) is 0 Å². The molecule has 0 unspecified atom stereocenters. The largest absolute Gasteiger partial charge is 0.417 e. The number of rotatable bonds is 5. The van der Waals surface area contributed by atoms with Gasteiger partial charge in [0.25, 0.3) is 0 Å². The van der Waals surface area contributed by atoms with Crippen molar-refractivity contribution >= 4 is 0 Å². The molecular formula is C12H15N5O. The van der Waals surface area contributed by atoms with E-state index in [9.17, 15) is 0 Å². The van der Waals surface area contributed by atoms with Crippen LogP contribution in [0, 0.1) is 6.92 Å². The predicted octanol–water partition coefficient (Wildman–Crippen LogP) is 1.55. The number of nitrogens with zero attached hydrogens (tertiary/aromatic N) is 3. The van der Waals surface area contributed by atoms with E-state index in [0.717, 1.165) is 17.9 Å². The van der Waals surface area contributed by atoms with Crippen LogP contribution in [-0.4, -0.2) is 26.2 Å². The van der Waals surface area contributed by atoms with E-state index in [1.165, 1.54) is 12.8 Å². The summed E-state index contributed by atoms with van der Waals surface area (Å²) in [6, 6.07) is 2.47. The van der Waals surface area contributed by atoms with Gasteiger partial charge in [-0.1, -0.05) is 0 Å². The lowest BCUT2D eigenvalue weighted by atomic mass is 10.4. The second-order valence-corrected chi connectivity index (χ2v) is 4.50. The van der Waals surface area contributed by atoms with Crippen LogP contribution in [0.1, 0.15) is 24.2 Å². The maximum absolute atomic E-state index is 5.52.